The van der Waals surface area contributed by atoms with Crippen LogP contribution in [-0.2, 0) is 9.59 Å². The van der Waals surface area contributed by atoms with Crippen molar-refractivity contribution in [2.24, 2.45) is 0 Å². The van der Waals surface area contributed by atoms with Crippen LogP contribution in [0.4, 0.5) is 0 Å². The highest BCUT2D eigenvalue weighted by molar-refractivity contribution is 6.46. The predicted octanol–water partition coefficient (Wildman–Crippen LogP) is 4.16. The highest BCUT2D eigenvalue weighted by Crippen LogP contribution is 2.40. The first-order chi connectivity index (χ1) is 15.3. The molecule has 0 radical (unpaired) electrons. The summed E-state index contributed by atoms with van der Waals surface area (Å²) in [6.07, 6.45) is 1.63. The quantitative estimate of drug-likeness (QED) is 0.363. The summed E-state index contributed by atoms with van der Waals surface area (Å²) in [6, 6.07) is 14.2. The molecule has 1 N–H and O–H groups in total. The van der Waals surface area contributed by atoms with Crippen molar-refractivity contribution in [3.63, 3.8) is 0 Å². The van der Waals surface area contributed by atoms with Gasteiger partial charge >= 0.3 is 0 Å². The fourth-order valence-corrected chi connectivity index (χ4v) is 4.01. The van der Waals surface area contributed by atoms with E-state index in [9.17, 15) is 14.7 Å². The van der Waals surface area contributed by atoms with Gasteiger partial charge in [0, 0.05) is 12.1 Å². The van der Waals surface area contributed by atoms with Crippen molar-refractivity contribution in [3.05, 3.63) is 70.8 Å². The third kappa shape index (κ3) is 5.02. The van der Waals surface area contributed by atoms with Gasteiger partial charge in [0.15, 0.2) is 0 Å². The van der Waals surface area contributed by atoms with Gasteiger partial charge < -0.3 is 19.6 Å². The first kappa shape index (κ1) is 23.5. The summed E-state index contributed by atoms with van der Waals surface area (Å²) in [4.78, 5) is 29.7. The van der Waals surface area contributed by atoms with E-state index in [4.69, 9.17) is 4.74 Å². The van der Waals surface area contributed by atoms with Gasteiger partial charge in [-0.1, -0.05) is 37.3 Å². The van der Waals surface area contributed by atoms with Crippen molar-refractivity contribution in [3.8, 4) is 5.75 Å². The summed E-state index contributed by atoms with van der Waals surface area (Å²) >= 11 is 0. The molecule has 0 aromatic heterocycles. The number of carbonyl (C=O) groups is 2. The van der Waals surface area contributed by atoms with Crippen LogP contribution >= 0.6 is 0 Å². The standard InChI is InChI=1S/C26H32N2O4/c1-5-16-32-20-12-13-21(18(2)17-20)24(29)22-23(19-10-7-6-8-11-19)28(26(31)25(22)30)15-9-14-27(3)4/h6-8,10-13,17,23,29H,5,9,14-16H2,1-4H3/t23-/m1/s1. The number of nitrogens with zero attached hydrogens (tertiary/aromatic N) is 2. The Kier molecular flexibility index (Phi) is 7.70. The molecule has 1 aliphatic heterocycles. The van der Waals surface area contributed by atoms with Gasteiger partial charge in [-0.25, -0.2) is 0 Å². The van der Waals surface area contributed by atoms with Gasteiger partial charge in [-0.2, -0.15) is 0 Å². The van der Waals surface area contributed by atoms with E-state index in [-0.39, 0.29) is 11.3 Å². The molecule has 32 heavy (non-hydrogen) atoms. The SMILES string of the molecule is CCCOc1ccc(C(O)=C2C(=O)C(=O)N(CCCN(C)C)[C@@H]2c2ccccc2)c(C)c1. The fraction of sp³-hybridized carbons (Fsp3) is 0.385. The Morgan fingerprint density at radius 2 is 1.84 bits per heavy atom. The second kappa shape index (κ2) is 10.5. The Bertz CT molecular complexity index is 998. The molecule has 170 valence electrons. The molecule has 0 unspecified atom stereocenters. The number of carbonyl (C=O) groups excluding carboxylic acids is 2. The normalized spacial score (nSPS) is 17.9. The van der Waals surface area contributed by atoms with E-state index in [1.807, 2.05) is 69.2 Å². The molecule has 2 aromatic rings. The molecule has 1 atom stereocenters. The number of hydrogen-bond donors (Lipinski definition) is 1. The Balaban J connectivity index is 2.04. The molecule has 1 heterocycles. The average molecular weight is 437 g/mol. The van der Waals surface area contributed by atoms with Gasteiger partial charge in [-0.15, -0.1) is 0 Å². The molecule has 0 aliphatic carbocycles. The van der Waals surface area contributed by atoms with Gasteiger partial charge in [0.2, 0.25) is 0 Å². The van der Waals surface area contributed by atoms with Gasteiger partial charge in [0.1, 0.15) is 11.5 Å². The third-order valence-electron chi connectivity index (χ3n) is 5.59. The third-order valence-corrected chi connectivity index (χ3v) is 5.59. The van der Waals surface area contributed by atoms with Crippen molar-refractivity contribution in [1.29, 1.82) is 0 Å². The van der Waals surface area contributed by atoms with Crippen molar-refractivity contribution in [1.82, 2.24) is 9.80 Å². The van der Waals surface area contributed by atoms with Gasteiger partial charge in [-0.05, 0) is 69.7 Å². The Morgan fingerprint density at radius 3 is 2.47 bits per heavy atom. The minimum absolute atomic E-state index is 0.136. The molecule has 1 aliphatic rings. The number of rotatable bonds is 9. The lowest BCUT2D eigenvalue weighted by Gasteiger charge is -2.26. The summed E-state index contributed by atoms with van der Waals surface area (Å²) in [5, 5.41) is 11.3. The molecule has 6 heteroatoms. The van der Waals surface area contributed by atoms with Gasteiger partial charge in [-0.3, -0.25) is 9.59 Å². The zero-order valence-corrected chi connectivity index (χ0v) is 19.3. The van der Waals surface area contributed by atoms with Crippen LogP contribution in [0.2, 0.25) is 0 Å². The second-order valence-corrected chi connectivity index (χ2v) is 8.39. The number of benzene rings is 2. The van der Waals surface area contributed by atoms with Crippen LogP contribution in [0.1, 0.15) is 42.5 Å². The summed E-state index contributed by atoms with van der Waals surface area (Å²) in [5.41, 5.74) is 2.25. The molecule has 0 bridgehead atoms. The second-order valence-electron chi connectivity index (χ2n) is 8.39. The maximum Gasteiger partial charge on any atom is 0.295 e. The number of hydrogen-bond acceptors (Lipinski definition) is 5. The smallest absolute Gasteiger partial charge is 0.295 e. The topological polar surface area (TPSA) is 70.1 Å². The van der Waals surface area contributed by atoms with Crippen LogP contribution in [0.15, 0.2) is 54.1 Å². The summed E-state index contributed by atoms with van der Waals surface area (Å²) in [7, 11) is 3.94. The molecule has 0 spiro atoms. The molecule has 1 saturated heterocycles. The van der Waals surface area contributed by atoms with Crippen LogP contribution < -0.4 is 4.74 Å². The van der Waals surface area contributed by atoms with Crippen molar-refractivity contribution >= 4 is 17.4 Å². The van der Waals surface area contributed by atoms with E-state index in [1.165, 1.54) is 0 Å². The maximum atomic E-state index is 13.1. The van der Waals surface area contributed by atoms with E-state index in [0.29, 0.717) is 24.5 Å². The first-order valence-electron chi connectivity index (χ1n) is 11.1. The van der Waals surface area contributed by atoms with Crippen LogP contribution in [0.25, 0.3) is 5.76 Å². The molecule has 2 aromatic carbocycles. The lowest BCUT2D eigenvalue weighted by atomic mass is 9.94. The highest BCUT2D eigenvalue weighted by atomic mass is 16.5. The van der Waals surface area contributed by atoms with Crippen LogP contribution in [0.5, 0.6) is 5.75 Å². The lowest BCUT2D eigenvalue weighted by molar-refractivity contribution is -0.139. The number of Topliss-reactive ketones (excluding diaryl/α,β-unsaturated/α-hetero) is 1. The average Bonchev–Trinajstić information content (AvgIpc) is 3.02. The van der Waals surface area contributed by atoms with E-state index >= 15 is 0 Å². The predicted molar refractivity (Wildman–Crippen MR) is 126 cm³/mol. The van der Waals surface area contributed by atoms with E-state index < -0.39 is 17.7 Å². The number of ether oxygens (including phenoxy) is 1. The number of amides is 1. The van der Waals surface area contributed by atoms with Gasteiger partial charge in [0.05, 0.1) is 18.2 Å². The van der Waals surface area contributed by atoms with Crippen LogP contribution in [0, 0.1) is 6.92 Å². The van der Waals surface area contributed by atoms with Gasteiger partial charge in [0.25, 0.3) is 11.7 Å². The highest BCUT2D eigenvalue weighted by Gasteiger charge is 2.45. The van der Waals surface area contributed by atoms with Crippen molar-refractivity contribution in [2.45, 2.75) is 32.7 Å². The zero-order chi connectivity index (χ0) is 23.3. The molecular formula is C26H32N2O4. The summed E-state index contributed by atoms with van der Waals surface area (Å²) in [6.45, 7) is 5.73. The Labute approximate surface area is 190 Å². The first-order valence-corrected chi connectivity index (χ1v) is 11.1. The molecule has 0 saturated carbocycles. The van der Waals surface area contributed by atoms with Crippen molar-refractivity contribution in [2.75, 3.05) is 33.8 Å². The van der Waals surface area contributed by atoms with Crippen LogP contribution in [-0.4, -0.2) is 60.4 Å². The number of aliphatic hydroxyl groups excluding tert-OH is 1. The van der Waals surface area contributed by atoms with E-state index in [1.54, 1.807) is 17.0 Å². The number of likely N-dealkylation sites (tertiary alicyclic amines) is 1. The number of aliphatic hydroxyl groups is 1. The number of aryl methyl sites for hydroxylation is 1. The zero-order valence-electron chi connectivity index (χ0n) is 19.3. The summed E-state index contributed by atoms with van der Waals surface area (Å²) < 4.78 is 5.67. The lowest BCUT2D eigenvalue weighted by Crippen LogP contribution is -2.32. The minimum Gasteiger partial charge on any atom is -0.507 e. The van der Waals surface area contributed by atoms with Crippen LogP contribution in [0.3, 0.4) is 0 Å². The monoisotopic (exact) mass is 436 g/mol. The molecule has 6 nitrogen and oxygen atoms in total. The molecular weight excluding hydrogens is 404 g/mol. The fourth-order valence-electron chi connectivity index (χ4n) is 4.01. The Hall–Kier alpha value is -3.12. The van der Waals surface area contributed by atoms with Crippen molar-refractivity contribution < 1.29 is 19.4 Å². The molecule has 1 amide bonds. The van der Waals surface area contributed by atoms with E-state index in [0.717, 1.165) is 30.5 Å². The number of ketones is 1. The minimum atomic E-state index is -0.646. The summed E-state index contributed by atoms with van der Waals surface area (Å²) in [5.74, 6) is -0.650. The molecule has 1 fully saturated rings. The van der Waals surface area contributed by atoms with E-state index in [2.05, 4.69) is 0 Å². The maximum absolute atomic E-state index is 13.1. The Morgan fingerprint density at radius 1 is 1.12 bits per heavy atom. The largest absolute Gasteiger partial charge is 0.507 e. The molecule has 3 rings (SSSR count).